The minimum Gasteiger partial charge on any atom is -0.325 e. The van der Waals surface area contributed by atoms with Crippen molar-refractivity contribution >= 4 is 46.3 Å². The van der Waals surface area contributed by atoms with Crippen LogP contribution in [0.2, 0.25) is 5.02 Å². The monoisotopic (exact) mass is 312 g/mol. The molecular weight excluding hydrogens is 300 g/mol. The minimum atomic E-state index is -0.204. The molecule has 1 aromatic heterocycles. The first-order valence-corrected chi connectivity index (χ1v) is 7.83. The highest BCUT2D eigenvalue weighted by molar-refractivity contribution is 8.02. The van der Waals surface area contributed by atoms with Crippen LogP contribution in [0.25, 0.3) is 0 Å². The second-order valence-corrected chi connectivity index (χ2v) is 6.90. The average molecular weight is 313 g/mol. The van der Waals surface area contributed by atoms with Gasteiger partial charge in [0.15, 0.2) is 4.34 Å². The summed E-state index contributed by atoms with van der Waals surface area (Å²) >= 11 is 8.89. The van der Waals surface area contributed by atoms with Crippen LogP contribution in [0, 0.1) is 6.92 Å². The molecule has 0 fully saturated rings. The third-order valence-electron chi connectivity index (χ3n) is 2.34. The lowest BCUT2D eigenvalue weighted by Gasteiger charge is -2.10. The zero-order chi connectivity index (χ0) is 13.8. The number of thioether (sulfide) groups is 1. The molecule has 3 nitrogen and oxygen atoms in total. The molecule has 100 valence electrons. The molecule has 0 aliphatic rings. The first-order valence-electron chi connectivity index (χ1n) is 5.70. The number of nitrogens with one attached hydrogen (secondary N) is 1. The summed E-state index contributed by atoms with van der Waals surface area (Å²) in [5.74, 6) is -0.0554. The third-order valence-corrected chi connectivity index (χ3v) is 4.76. The van der Waals surface area contributed by atoms with Crippen LogP contribution in [0.3, 0.4) is 0 Å². The van der Waals surface area contributed by atoms with Crippen LogP contribution in [0.5, 0.6) is 0 Å². The maximum absolute atomic E-state index is 12.0. The molecule has 6 heteroatoms. The van der Waals surface area contributed by atoms with Gasteiger partial charge in [-0.05, 0) is 32.0 Å². The lowest BCUT2D eigenvalue weighted by atomic mass is 10.3. The molecule has 0 saturated heterocycles. The SMILES string of the molecule is Cc1csc(SC(C)C(=O)Nc2cccc(Cl)c2)n1. The van der Waals surface area contributed by atoms with E-state index in [1.165, 1.54) is 11.8 Å². The molecule has 1 heterocycles. The number of thiazole rings is 1. The molecule has 2 rings (SSSR count). The summed E-state index contributed by atoms with van der Waals surface area (Å²) in [7, 11) is 0. The van der Waals surface area contributed by atoms with Gasteiger partial charge in [0, 0.05) is 21.8 Å². The summed E-state index contributed by atoms with van der Waals surface area (Å²) in [4.78, 5) is 16.4. The molecule has 1 N–H and O–H groups in total. The molecule has 0 radical (unpaired) electrons. The van der Waals surface area contributed by atoms with Crippen LogP contribution < -0.4 is 5.32 Å². The van der Waals surface area contributed by atoms with Gasteiger partial charge in [0.05, 0.1) is 5.25 Å². The first kappa shape index (κ1) is 14.4. The van der Waals surface area contributed by atoms with Crippen molar-refractivity contribution in [2.24, 2.45) is 0 Å². The van der Waals surface area contributed by atoms with Crippen LogP contribution in [-0.2, 0) is 4.79 Å². The predicted octanol–water partition coefficient (Wildman–Crippen LogP) is 4.22. The van der Waals surface area contributed by atoms with E-state index >= 15 is 0 Å². The molecular formula is C13H13ClN2OS2. The highest BCUT2D eigenvalue weighted by atomic mass is 35.5. The second-order valence-electron chi connectivity index (χ2n) is 4.01. The van der Waals surface area contributed by atoms with Crippen LogP contribution >= 0.6 is 34.7 Å². The first-order chi connectivity index (χ1) is 9.04. The Kier molecular flexibility index (Phi) is 4.85. The third kappa shape index (κ3) is 4.23. The number of nitrogens with zero attached hydrogens (tertiary/aromatic N) is 1. The summed E-state index contributed by atoms with van der Waals surface area (Å²) < 4.78 is 0.909. The van der Waals surface area contributed by atoms with Gasteiger partial charge in [-0.1, -0.05) is 29.4 Å². The Bertz CT molecular complexity index is 586. The van der Waals surface area contributed by atoms with Gasteiger partial charge in [0.1, 0.15) is 0 Å². The molecule has 0 bridgehead atoms. The Hall–Kier alpha value is -1.04. The number of benzene rings is 1. The molecule has 0 saturated carbocycles. The molecule has 1 aromatic carbocycles. The van der Waals surface area contributed by atoms with Crippen molar-refractivity contribution in [2.45, 2.75) is 23.4 Å². The Labute approximate surface area is 125 Å². The van der Waals surface area contributed by atoms with Crippen LogP contribution in [0.15, 0.2) is 34.0 Å². The second kappa shape index (κ2) is 6.41. The number of halogens is 1. The fourth-order valence-electron chi connectivity index (χ4n) is 1.40. The van der Waals surface area contributed by atoms with Crippen LogP contribution in [0.4, 0.5) is 5.69 Å². The van der Waals surface area contributed by atoms with Crippen molar-refractivity contribution < 1.29 is 4.79 Å². The fraction of sp³-hybridized carbons (Fsp3) is 0.231. The number of amides is 1. The molecule has 1 unspecified atom stereocenters. The lowest BCUT2D eigenvalue weighted by Crippen LogP contribution is -2.22. The molecule has 0 aliphatic carbocycles. The van der Waals surface area contributed by atoms with Crippen molar-refractivity contribution in [2.75, 3.05) is 5.32 Å². The summed E-state index contributed by atoms with van der Waals surface area (Å²) in [6.45, 7) is 3.80. The largest absolute Gasteiger partial charge is 0.325 e. The number of aromatic nitrogens is 1. The van der Waals surface area contributed by atoms with Crippen molar-refractivity contribution in [3.8, 4) is 0 Å². The number of anilines is 1. The highest BCUT2D eigenvalue weighted by Gasteiger charge is 2.16. The summed E-state index contributed by atoms with van der Waals surface area (Å²) in [5, 5.41) is 5.22. The van der Waals surface area contributed by atoms with E-state index in [1.807, 2.05) is 25.3 Å². The van der Waals surface area contributed by atoms with Gasteiger partial charge in [-0.2, -0.15) is 0 Å². The van der Waals surface area contributed by atoms with Gasteiger partial charge in [-0.25, -0.2) is 4.98 Å². The van der Waals surface area contributed by atoms with Gasteiger partial charge < -0.3 is 5.32 Å². The van der Waals surface area contributed by atoms with E-state index < -0.39 is 0 Å². The summed E-state index contributed by atoms with van der Waals surface area (Å²) in [6.07, 6.45) is 0. The van der Waals surface area contributed by atoms with Crippen molar-refractivity contribution in [1.82, 2.24) is 4.98 Å². The van der Waals surface area contributed by atoms with Gasteiger partial charge in [-0.3, -0.25) is 4.79 Å². The van der Waals surface area contributed by atoms with E-state index in [9.17, 15) is 4.79 Å². The van der Waals surface area contributed by atoms with E-state index in [0.29, 0.717) is 10.7 Å². The van der Waals surface area contributed by atoms with Crippen LogP contribution in [-0.4, -0.2) is 16.1 Å². The fourth-order valence-corrected chi connectivity index (χ4v) is 3.58. The minimum absolute atomic E-state index is 0.0554. The number of rotatable bonds is 4. The molecule has 1 atom stereocenters. The topological polar surface area (TPSA) is 42.0 Å². The van der Waals surface area contributed by atoms with Crippen LogP contribution in [0.1, 0.15) is 12.6 Å². The van der Waals surface area contributed by atoms with E-state index in [1.54, 1.807) is 29.5 Å². The predicted molar refractivity (Wildman–Crippen MR) is 82.3 cm³/mol. The maximum atomic E-state index is 12.0. The number of carbonyl (C=O) groups is 1. The number of carbonyl (C=O) groups excluding carboxylic acids is 1. The Morgan fingerprint density at radius 2 is 2.32 bits per heavy atom. The van der Waals surface area contributed by atoms with E-state index in [0.717, 1.165) is 10.0 Å². The van der Waals surface area contributed by atoms with E-state index in [4.69, 9.17) is 11.6 Å². The normalized spacial score (nSPS) is 12.2. The van der Waals surface area contributed by atoms with E-state index in [2.05, 4.69) is 10.3 Å². The standard InChI is InChI=1S/C13H13ClN2OS2/c1-8-7-18-13(15-8)19-9(2)12(17)16-11-5-3-4-10(14)6-11/h3-7,9H,1-2H3,(H,16,17). The maximum Gasteiger partial charge on any atom is 0.237 e. The Morgan fingerprint density at radius 3 is 2.95 bits per heavy atom. The zero-order valence-corrected chi connectivity index (χ0v) is 12.9. The highest BCUT2D eigenvalue weighted by Crippen LogP contribution is 2.27. The van der Waals surface area contributed by atoms with Crippen molar-refractivity contribution in [1.29, 1.82) is 0 Å². The number of hydrogen-bond donors (Lipinski definition) is 1. The smallest absolute Gasteiger partial charge is 0.237 e. The van der Waals surface area contributed by atoms with Crippen molar-refractivity contribution in [3.05, 3.63) is 40.4 Å². The Morgan fingerprint density at radius 1 is 1.53 bits per heavy atom. The summed E-state index contributed by atoms with van der Waals surface area (Å²) in [6, 6.07) is 7.12. The lowest BCUT2D eigenvalue weighted by molar-refractivity contribution is -0.115. The van der Waals surface area contributed by atoms with Gasteiger partial charge in [0.25, 0.3) is 0 Å². The average Bonchev–Trinajstić information content (AvgIpc) is 2.74. The molecule has 2 aromatic rings. The molecule has 1 amide bonds. The van der Waals surface area contributed by atoms with Gasteiger partial charge >= 0.3 is 0 Å². The quantitative estimate of drug-likeness (QED) is 0.859. The van der Waals surface area contributed by atoms with Gasteiger partial charge in [0.2, 0.25) is 5.91 Å². The molecule has 0 aliphatic heterocycles. The molecule has 19 heavy (non-hydrogen) atoms. The molecule has 0 spiro atoms. The Balaban J connectivity index is 1.96. The van der Waals surface area contributed by atoms with E-state index in [-0.39, 0.29) is 11.2 Å². The van der Waals surface area contributed by atoms with Crippen molar-refractivity contribution in [3.63, 3.8) is 0 Å². The number of hydrogen-bond acceptors (Lipinski definition) is 4. The van der Waals surface area contributed by atoms with Gasteiger partial charge in [-0.15, -0.1) is 11.3 Å². The number of aryl methyl sites for hydroxylation is 1. The summed E-state index contributed by atoms with van der Waals surface area (Å²) in [5.41, 5.74) is 1.69. The zero-order valence-electron chi connectivity index (χ0n) is 10.5.